The first-order valence-corrected chi connectivity index (χ1v) is 7.76. The Kier molecular flexibility index (Phi) is 5.84. The quantitative estimate of drug-likeness (QED) is 0.839. The van der Waals surface area contributed by atoms with Crippen molar-refractivity contribution in [2.24, 2.45) is 5.73 Å². The first-order chi connectivity index (χ1) is 10.6. The molecular weight excluding hydrogens is 274 g/mol. The van der Waals surface area contributed by atoms with Gasteiger partial charge in [0.25, 0.3) is 0 Å². The number of hydrogen-bond acceptors (Lipinski definition) is 3. The van der Waals surface area contributed by atoms with Gasteiger partial charge in [0.15, 0.2) is 0 Å². The average Bonchev–Trinajstić information content (AvgIpc) is 2.53. The molecule has 0 aromatic heterocycles. The number of rotatable bonds is 7. The van der Waals surface area contributed by atoms with E-state index in [-0.39, 0.29) is 6.04 Å². The SMILES string of the molecule is CCOc1cccc(CCC(N)c2cc(C)ccc2OC)c1. The molecule has 0 spiro atoms. The Morgan fingerprint density at radius 2 is 1.95 bits per heavy atom. The number of aryl methyl sites for hydroxylation is 2. The summed E-state index contributed by atoms with van der Waals surface area (Å²) in [5, 5.41) is 0. The van der Waals surface area contributed by atoms with Gasteiger partial charge in [-0.2, -0.15) is 0 Å². The van der Waals surface area contributed by atoms with Crippen molar-refractivity contribution >= 4 is 0 Å². The lowest BCUT2D eigenvalue weighted by Crippen LogP contribution is -2.13. The van der Waals surface area contributed by atoms with Crippen molar-refractivity contribution in [1.29, 1.82) is 0 Å². The molecule has 2 aromatic carbocycles. The van der Waals surface area contributed by atoms with Gasteiger partial charge in [-0.3, -0.25) is 0 Å². The van der Waals surface area contributed by atoms with Crippen LogP contribution in [0.1, 0.15) is 36.1 Å². The molecule has 2 N–H and O–H groups in total. The fourth-order valence-electron chi connectivity index (χ4n) is 2.58. The monoisotopic (exact) mass is 299 g/mol. The molecule has 1 unspecified atom stereocenters. The molecule has 0 aliphatic rings. The van der Waals surface area contributed by atoms with Gasteiger partial charge in [0.1, 0.15) is 11.5 Å². The van der Waals surface area contributed by atoms with E-state index >= 15 is 0 Å². The van der Waals surface area contributed by atoms with Gasteiger partial charge in [0.2, 0.25) is 0 Å². The van der Waals surface area contributed by atoms with Crippen molar-refractivity contribution in [3.8, 4) is 11.5 Å². The molecule has 0 bridgehead atoms. The van der Waals surface area contributed by atoms with Crippen LogP contribution in [0.3, 0.4) is 0 Å². The van der Waals surface area contributed by atoms with Crippen LogP contribution in [0.4, 0.5) is 0 Å². The average molecular weight is 299 g/mol. The lowest BCUT2D eigenvalue weighted by atomic mass is 9.97. The fourth-order valence-corrected chi connectivity index (χ4v) is 2.58. The van der Waals surface area contributed by atoms with Crippen LogP contribution in [0.2, 0.25) is 0 Å². The second-order valence-corrected chi connectivity index (χ2v) is 5.47. The van der Waals surface area contributed by atoms with Crippen LogP contribution in [0.25, 0.3) is 0 Å². The predicted octanol–water partition coefficient (Wildman–Crippen LogP) is 4.03. The highest BCUT2D eigenvalue weighted by Crippen LogP contribution is 2.28. The van der Waals surface area contributed by atoms with Crippen LogP contribution in [0.5, 0.6) is 11.5 Å². The van der Waals surface area contributed by atoms with E-state index in [2.05, 4.69) is 25.1 Å². The number of hydrogen-bond donors (Lipinski definition) is 1. The van der Waals surface area contributed by atoms with Crippen LogP contribution in [-0.2, 0) is 6.42 Å². The zero-order valence-electron chi connectivity index (χ0n) is 13.6. The summed E-state index contributed by atoms with van der Waals surface area (Å²) in [5.41, 5.74) is 9.89. The van der Waals surface area contributed by atoms with Crippen molar-refractivity contribution in [3.63, 3.8) is 0 Å². The predicted molar refractivity (Wildman–Crippen MR) is 90.6 cm³/mol. The Morgan fingerprint density at radius 3 is 2.68 bits per heavy atom. The highest BCUT2D eigenvalue weighted by Gasteiger charge is 2.12. The Morgan fingerprint density at radius 1 is 1.14 bits per heavy atom. The van der Waals surface area contributed by atoms with Crippen molar-refractivity contribution in [2.45, 2.75) is 32.7 Å². The fraction of sp³-hybridized carbons (Fsp3) is 0.368. The number of methoxy groups -OCH3 is 1. The molecule has 0 amide bonds. The van der Waals surface area contributed by atoms with Gasteiger partial charge < -0.3 is 15.2 Å². The lowest BCUT2D eigenvalue weighted by Gasteiger charge is -2.16. The minimum absolute atomic E-state index is 0.0365. The summed E-state index contributed by atoms with van der Waals surface area (Å²) in [6.07, 6.45) is 1.79. The molecule has 3 heteroatoms. The molecule has 2 aromatic rings. The van der Waals surface area contributed by atoms with Crippen LogP contribution in [-0.4, -0.2) is 13.7 Å². The molecule has 0 saturated carbocycles. The van der Waals surface area contributed by atoms with E-state index < -0.39 is 0 Å². The number of nitrogens with two attached hydrogens (primary N) is 1. The van der Waals surface area contributed by atoms with Crippen molar-refractivity contribution < 1.29 is 9.47 Å². The maximum absolute atomic E-state index is 6.37. The van der Waals surface area contributed by atoms with E-state index in [0.717, 1.165) is 29.9 Å². The molecule has 0 saturated heterocycles. The van der Waals surface area contributed by atoms with Gasteiger partial charge in [-0.05, 0) is 50.5 Å². The molecule has 118 valence electrons. The third-order valence-electron chi connectivity index (χ3n) is 3.74. The van der Waals surface area contributed by atoms with E-state index in [1.54, 1.807) is 7.11 Å². The highest BCUT2D eigenvalue weighted by molar-refractivity contribution is 5.39. The normalized spacial score (nSPS) is 12.0. The first-order valence-electron chi connectivity index (χ1n) is 7.76. The smallest absolute Gasteiger partial charge is 0.123 e. The first kappa shape index (κ1) is 16.4. The molecule has 0 radical (unpaired) electrons. The standard InChI is InChI=1S/C19H25NO2/c1-4-22-16-7-5-6-15(13-16)9-10-18(20)17-12-14(2)8-11-19(17)21-3/h5-8,11-13,18H,4,9-10,20H2,1-3H3. The molecule has 0 heterocycles. The maximum Gasteiger partial charge on any atom is 0.123 e. The van der Waals surface area contributed by atoms with Crippen molar-refractivity contribution in [2.75, 3.05) is 13.7 Å². The van der Waals surface area contributed by atoms with E-state index in [9.17, 15) is 0 Å². The topological polar surface area (TPSA) is 44.5 Å². The summed E-state index contributed by atoms with van der Waals surface area (Å²) in [7, 11) is 1.69. The molecule has 0 aliphatic carbocycles. The van der Waals surface area contributed by atoms with Crippen molar-refractivity contribution in [1.82, 2.24) is 0 Å². The molecular formula is C19H25NO2. The summed E-state index contributed by atoms with van der Waals surface area (Å²) in [4.78, 5) is 0. The second-order valence-electron chi connectivity index (χ2n) is 5.47. The Labute approximate surface area is 133 Å². The van der Waals surface area contributed by atoms with Gasteiger partial charge in [0, 0.05) is 11.6 Å². The molecule has 0 fully saturated rings. The molecule has 22 heavy (non-hydrogen) atoms. The van der Waals surface area contributed by atoms with Crippen LogP contribution in [0, 0.1) is 6.92 Å². The van der Waals surface area contributed by atoms with Crippen LogP contribution in [0.15, 0.2) is 42.5 Å². The van der Waals surface area contributed by atoms with Gasteiger partial charge in [-0.1, -0.05) is 29.8 Å². The van der Waals surface area contributed by atoms with E-state index in [4.69, 9.17) is 15.2 Å². The number of benzene rings is 2. The largest absolute Gasteiger partial charge is 0.496 e. The van der Waals surface area contributed by atoms with E-state index in [1.807, 2.05) is 31.2 Å². The minimum atomic E-state index is -0.0365. The summed E-state index contributed by atoms with van der Waals surface area (Å²) < 4.78 is 11.0. The summed E-state index contributed by atoms with van der Waals surface area (Å²) in [6, 6.07) is 14.3. The molecule has 3 nitrogen and oxygen atoms in total. The van der Waals surface area contributed by atoms with Crippen LogP contribution < -0.4 is 15.2 Å². The maximum atomic E-state index is 6.37. The van der Waals surface area contributed by atoms with E-state index in [1.165, 1.54) is 11.1 Å². The zero-order valence-corrected chi connectivity index (χ0v) is 13.6. The third-order valence-corrected chi connectivity index (χ3v) is 3.74. The van der Waals surface area contributed by atoms with Gasteiger partial charge >= 0.3 is 0 Å². The summed E-state index contributed by atoms with van der Waals surface area (Å²) in [5.74, 6) is 1.78. The molecule has 1 atom stereocenters. The van der Waals surface area contributed by atoms with Crippen LogP contribution >= 0.6 is 0 Å². The second kappa shape index (κ2) is 7.85. The molecule has 2 rings (SSSR count). The Hall–Kier alpha value is -2.00. The van der Waals surface area contributed by atoms with Gasteiger partial charge in [-0.25, -0.2) is 0 Å². The Bertz CT molecular complexity index is 610. The summed E-state index contributed by atoms with van der Waals surface area (Å²) >= 11 is 0. The zero-order chi connectivity index (χ0) is 15.9. The van der Waals surface area contributed by atoms with Crippen molar-refractivity contribution in [3.05, 3.63) is 59.2 Å². The summed E-state index contributed by atoms with van der Waals surface area (Å²) in [6.45, 7) is 4.75. The highest BCUT2D eigenvalue weighted by atomic mass is 16.5. The number of ether oxygens (including phenoxy) is 2. The van der Waals surface area contributed by atoms with Gasteiger partial charge in [0.05, 0.1) is 13.7 Å². The van der Waals surface area contributed by atoms with E-state index in [0.29, 0.717) is 6.61 Å². The molecule has 0 aliphatic heterocycles. The van der Waals surface area contributed by atoms with Gasteiger partial charge in [-0.15, -0.1) is 0 Å². The lowest BCUT2D eigenvalue weighted by molar-refractivity contribution is 0.340. The third kappa shape index (κ3) is 4.25. The Balaban J connectivity index is 2.05. The minimum Gasteiger partial charge on any atom is -0.496 e.